The number of anilines is 3. The highest BCUT2D eigenvalue weighted by molar-refractivity contribution is 6.19. The van der Waals surface area contributed by atoms with Crippen LogP contribution in [0.3, 0.4) is 0 Å². The van der Waals surface area contributed by atoms with Gasteiger partial charge in [0.25, 0.3) is 0 Å². The summed E-state index contributed by atoms with van der Waals surface area (Å²) in [5.41, 5.74) is 18.6. The van der Waals surface area contributed by atoms with Crippen molar-refractivity contribution in [2.45, 2.75) is 5.41 Å². The molecule has 0 radical (unpaired) electrons. The SMILES string of the molecule is c1ccc(-c2cccc(N(c3ccc(-c4ccc5c6ccc7ccccc7c6n(-c6ccccc6)c5c4)cc3)c3cccc4c3-c3ccccc3C4(c3ccccc3)c3ccccc3)c2)cc1. The Morgan fingerprint density at radius 2 is 0.910 bits per heavy atom. The van der Waals surface area contributed by atoms with Crippen molar-refractivity contribution in [3.63, 3.8) is 0 Å². The molecule has 12 aromatic rings. The molecule has 0 saturated carbocycles. The number of fused-ring (bicyclic) bond motifs is 8. The van der Waals surface area contributed by atoms with Crippen LogP contribution in [0.15, 0.2) is 267 Å². The Morgan fingerprint density at radius 3 is 1.67 bits per heavy atom. The third kappa shape index (κ3) is 6.11. The van der Waals surface area contributed by atoms with Crippen LogP contribution >= 0.6 is 0 Å². The zero-order valence-corrected chi connectivity index (χ0v) is 36.8. The van der Waals surface area contributed by atoms with E-state index in [1.54, 1.807) is 0 Å². The molecule has 314 valence electrons. The summed E-state index contributed by atoms with van der Waals surface area (Å²) in [6.45, 7) is 0. The lowest BCUT2D eigenvalue weighted by molar-refractivity contribution is 0.768. The van der Waals surface area contributed by atoms with E-state index < -0.39 is 5.41 Å². The normalized spacial score (nSPS) is 12.6. The molecule has 0 spiro atoms. The Morgan fingerprint density at radius 1 is 0.343 bits per heavy atom. The highest BCUT2D eigenvalue weighted by Gasteiger charge is 2.47. The first-order valence-electron chi connectivity index (χ1n) is 23.2. The number of para-hydroxylation sites is 1. The standard InChI is InChI=1S/C65H44N2/c1-5-19-45(20-6-1)48-22-17-29-54(43-48)66(61-34-18-33-60-63(61)58-31-15-16-32-59(58)65(60,50-23-7-2-8-24-50)51-25-9-3-10-26-51)53-39-35-46(36-40-53)49-38-41-56-57-42-37-47-21-13-14-30-55(47)64(57)67(62(56)44-49)52-27-11-4-12-28-52/h1-44H. The van der Waals surface area contributed by atoms with Crippen LogP contribution in [-0.2, 0) is 5.41 Å². The second-order valence-corrected chi connectivity index (χ2v) is 17.6. The van der Waals surface area contributed by atoms with Gasteiger partial charge in [0, 0.05) is 38.8 Å². The van der Waals surface area contributed by atoms with Crippen molar-refractivity contribution in [3.8, 4) is 39.1 Å². The third-order valence-corrected chi connectivity index (χ3v) is 14.0. The molecule has 67 heavy (non-hydrogen) atoms. The van der Waals surface area contributed by atoms with Gasteiger partial charge in [0.05, 0.1) is 22.1 Å². The molecule has 0 atom stereocenters. The van der Waals surface area contributed by atoms with E-state index >= 15 is 0 Å². The van der Waals surface area contributed by atoms with Gasteiger partial charge in [-0.05, 0) is 104 Å². The summed E-state index contributed by atoms with van der Waals surface area (Å²) in [5, 5.41) is 4.99. The average Bonchev–Trinajstić information content (AvgIpc) is 3.91. The fraction of sp³-hybridized carbons (Fsp3) is 0.0154. The third-order valence-electron chi connectivity index (χ3n) is 14.0. The lowest BCUT2D eigenvalue weighted by Gasteiger charge is -2.34. The van der Waals surface area contributed by atoms with Crippen molar-refractivity contribution in [2.75, 3.05) is 4.90 Å². The molecular weight excluding hydrogens is 809 g/mol. The summed E-state index contributed by atoms with van der Waals surface area (Å²) in [6, 6.07) is 98.0. The van der Waals surface area contributed by atoms with Gasteiger partial charge >= 0.3 is 0 Å². The number of nitrogens with zero attached hydrogens (tertiary/aromatic N) is 2. The molecule has 0 bridgehead atoms. The Balaban J connectivity index is 1.01. The molecule has 0 N–H and O–H groups in total. The van der Waals surface area contributed by atoms with E-state index in [1.165, 1.54) is 82.6 Å². The summed E-state index contributed by atoms with van der Waals surface area (Å²) < 4.78 is 2.45. The van der Waals surface area contributed by atoms with E-state index in [-0.39, 0.29) is 0 Å². The molecule has 1 aromatic heterocycles. The maximum atomic E-state index is 2.47. The summed E-state index contributed by atoms with van der Waals surface area (Å²) in [7, 11) is 0. The fourth-order valence-corrected chi connectivity index (χ4v) is 11.1. The predicted octanol–water partition coefficient (Wildman–Crippen LogP) is 17.1. The molecule has 11 aromatic carbocycles. The van der Waals surface area contributed by atoms with Gasteiger partial charge < -0.3 is 9.47 Å². The molecule has 1 heterocycles. The van der Waals surface area contributed by atoms with Crippen molar-refractivity contribution in [3.05, 3.63) is 289 Å². The molecule has 13 rings (SSSR count). The minimum Gasteiger partial charge on any atom is -0.310 e. The van der Waals surface area contributed by atoms with Gasteiger partial charge in [-0.15, -0.1) is 0 Å². The topological polar surface area (TPSA) is 8.17 Å². The molecular formula is C65H44N2. The minimum atomic E-state index is -0.515. The van der Waals surface area contributed by atoms with E-state index in [0.29, 0.717) is 0 Å². The average molecular weight is 853 g/mol. The van der Waals surface area contributed by atoms with Gasteiger partial charge in [-0.2, -0.15) is 0 Å². The number of rotatable bonds is 8. The van der Waals surface area contributed by atoms with Crippen LogP contribution < -0.4 is 4.90 Å². The quantitative estimate of drug-likeness (QED) is 0.148. The smallest absolute Gasteiger partial charge is 0.0714 e. The van der Waals surface area contributed by atoms with Gasteiger partial charge in [-0.3, -0.25) is 0 Å². The van der Waals surface area contributed by atoms with Crippen LogP contribution in [0.4, 0.5) is 17.1 Å². The van der Waals surface area contributed by atoms with Gasteiger partial charge in [0.15, 0.2) is 0 Å². The monoisotopic (exact) mass is 852 g/mol. The van der Waals surface area contributed by atoms with Crippen LogP contribution in [0.5, 0.6) is 0 Å². The number of hydrogen-bond acceptors (Lipinski definition) is 1. The summed E-state index contributed by atoms with van der Waals surface area (Å²) in [4.78, 5) is 2.47. The Kier molecular flexibility index (Phi) is 9.11. The zero-order chi connectivity index (χ0) is 44.3. The molecule has 1 aliphatic carbocycles. The van der Waals surface area contributed by atoms with Gasteiger partial charge in [0.2, 0.25) is 0 Å². The van der Waals surface area contributed by atoms with E-state index in [0.717, 1.165) is 28.3 Å². The maximum absolute atomic E-state index is 2.47. The van der Waals surface area contributed by atoms with Crippen molar-refractivity contribution < 1.29 is 0 Å². The predicted molar refractivity (Wildman–Crippen MR) is 281 cm³/mol. The van der Waals surface area contributed by atoms with Gasteiger partial charge in [0.1, 0.15) is 0 Å². The largest absolute Gasteiger partial charge is 0.310 e. The lowest BCUT2D eigenvalue weighted by Crippen LogP contribution is -2.28. The van der Waals surface area contributed by atoms with E-state index in [9.17, 15) is 0 Å². The first kappa shape index (κ1) is 38.7. The summed E-state index contributed by atoms with van der Waals surface area (Å²) >= 11 is 0. The van der Waals surface area contributed by atoms with Gasteiger partial charge in [-0.25, -0.2) is 0 Å². The zero-order valence-electron chi connectivity index (χ0n) is 36.8. The number of aromatic nitrogens is 1. The van der Waals surface area contributed by atoms with Crippen LogP contribution in [0.1, 0.15) is 22.3 Å². The lowest BCUT2D eigenvalue weighted by atomic mass is 9.68. The molecule has 0 aliphatic heterocycles. The second-order valence-electron chi connectivity index (χ2n) is 17.6. The van der Waals surface area contributed by atoms with E-state index in [1.807, 2.05) is 0 Å². The van der Waals surface area contributed by atoms with Crippen molar-refractivity contribution in [1.29, 1.82) is 0 Å². The minimum absolute atomic E-state index is 0.515. The highest BCUT2D eigenvalue weighted by atomic mass is 15.1. The highest BCUT2D eigenvalue weighted by Crippen LogP contribution is 2.59. The summed E-state index contributed by atoms with van der Waals surface area (Å²) in [5.74, 6) is 0. The van der Waals surface area contributed by atoms with Crippen LogP contribution in [0.25, 0.3) is 71.6 Å². The van der Waals surface area contributed by atoms with Crippen molar-refractivity contribution >= 4 is 49.6 Å². The Labute approximate surface area is 390 Å². The van der Waals surface area contributed by atoms with Crippen molar-refractivity contribution in [1.82, 2.24) is 4.57 Å². The summed E-state index contributed by atoms with van der Waals surface area (Å²) in [6.07, 6.45) is 0. The van der Waals surface area contributed by atoms with E-state index in [4.69, 9.17) is 0 Å². The Hall–Kier alpha value is -8.72. The molecule has 2 heteroatoms. The molecule has 1 aliphatic rings. The first-order valence-corrected chi connectivity index (χ1v) is 23.2. The van der Waals surface area contributed by atoms with Gasteiger partial charge in [-0.1, -0.05) is 218 Å². The fourth-order valence-electron chi connectivity index (χ4n) is 11.1. The first-order chi connectivity index (χ1) is 33.3. The number of hydrogen-bond donors (Lipinski definition) is 0. The second kappa shape index (κ2) is 15.8. The maximum Gasteiger partial charge on any atom is 0.0714 e. The van der Waals surface area contributed by atoms with Crippen LogP contribution in [-0.4, -0.2) is 4.57 Å². The molecule has 0 unspecified atom stereocenters. The van der Waals surface area contributed by atoms with E-state index in [2.05, 4.69) is 276 Å². The Bertz CT molecular complexity index is 3740. The number of benzene rings is 11. The van der Waals surface area contributed by atoms with Crippen LogP contribution in [0.2, 0.25) is 0 Å². The van der Waals surface area contributed by atoms with Crippen LogP contribution in [0, 0.1) is 0 Å². The molecule has 0 fully saturated rings. The molecule has 0 saturated heterocycles. The van der Waals surface area contributed by atoms with Crippen molar-refractivity contribution in [2.24, 2.45) is 0 Å². The molecule has 2 nitrogen and oxygen atoms in total. The molecule has 0 amide bonds.